The summed E-state index contributed by atoms with van der Waals surface area (Å²) in [6.45, 7) is 0.904. The standard InChI is InChI=1S/C25H19Cl2N3O6S/c26-17-5-7-21(18(27)15-17)37-22-6-3-16(14-19(22)30(34)35)4-8-23(31)28-9-11-29(12-10-28)25(33)24(32)20-2-1-13-36-20/h1-8,13-15H,9-12H2/b8-4+. The lowest BCUT2D eigenvalue weighted by Crippen LogP contribution is -2.51. The van der Waals surface area contributed by atoms with Crippen LogP contribution in [0.15, 0.2) is 75.1 Å². The van der Waals surface area contributed by atoms with Crippen molar-refractivity contribution >= 4 is 64.3 Å². The van der Waals surface area contributed by atoms with Crippen molar-refractivity contribution in [3.63, 3.8) is 0 Å². The van der Waals surface area contributed by atoms with Crippen LogP contribution in [0, 0.1) is 10.1 Å². The number of carbonyl (C=O) groups excluding carboxylic acids is 3. The summed E-state index contributed by atoms with van der Waals surface area (Å²) in [7, 11) is 0. The number of hydrogen-bond acceptors (Lipinski definition) is 7. The van der Waals surface area contributed by atoms with Gasteiger partial charge in [-0.2, -0.15) is 0 Å². The van der Waals surface area contributed by atoms with E-state index in [1.165, 1.54) is 41.5 Å². The van der Waals surface area contributed by atoms with Crippen molar-refractivity contribution in [2.75, 3.05) is 26.2 Å². The summed E-state index contributed by atoms with van der Waals surface area (Å²) in [5, 5.41) is 12.5. The number of rotatable bonds is 7. The number of piperazine rings is 1. The Hall–Kier alpha value is -3.60. The molecule has 1 aromatic heterocycles. The Morgan fingerprint density at radius 1 is 0.973 bits per heavy atom. The third-order valence-corrected chi connectivity index (χ3v) is 7.33. The van der Waals surface area contributed by atoms with Gasteiger partial charge >= 0.3 is 0 Å². The minimum atomic E-state index is -0.730. The second-order valence-electron chi connectivity index (χ2n) is 7.92. The lowest BCUT2D eigenvalue weighted by atomic mass is 10.2. The average molecular weight is 560 g/mol. The third kappa shape index (κ3) is 6.40. The third-order valence-electron chi connectivity index (χ3n) is 5.53. The minimum absolute atomic E-state index is 0.0267. The number of benzene rings is 2. The summed E-state index contributed by atoms with van der Waals surface area (Å²) in [4.78, 5) is 52.3. The number of carbonyl (C=O) groups is 3. The highest BCUT2D eigenvalue weighted by Crippen LogP contribution is 2.39. The lowest BCUT2D eigenvalue weighted by molar-refractivity contribution is -0.387. The zero-order chi connectivity index (χ0) is 26.5. The van der Waals surface area contributed by atoms with Gasteiger partial charge in [-0.1, -0.05) is 41.0 Å². The maximum Gasteiger partial charge on any atom is 0.298 e. The van der Waals surface area contributed by atoms with Crippen LogP contribution in [-0.2, 0) is 9.59 Å². The lowest BCUT2D eigenvalue weighted by Gasteiger charge is -2.33. The Kier molecular flexibility index (Phi) is 8.32. The highest BCUT2D eigenvalue weighted by atomic mass is 35.5. The van der Waals surface area contributed by atoms with Gasteiger partial charge in [-0.25, -0.2) is 0 Å². The molecule has 0 aliphatic carbocycles. The molecule has 2 aromatic carbocycles. The van der Waals surface area contributed by atoms with Crippen molar-refractivity contribution in [2.45, 2.75) is 9.79 Å². The fraction of sp³-hybridized carbons (Fsp3) is 0.160. The quantitative estimate of drug-likeness (QED) is 0.128. The Bertz CT molecular complexity index is 1390. The zero-order valence-corrected chi connectivity index (χ0v) is 21.5. The van der Waals surface area contributed by atoms with Crippen molar-refractivity contribution in [2.24, 2.45) is 0 Å². The van der Waals surface area contributed by atoms with Crippen molar-refractivity contribution < 1.29 is 23.7 Å². The van der Waals surface area contributed by atoms with Gasteiger partial charge in [0.1, 0.15) is 0 Å². The summed E-state index contributed by atoms with van der Waals surface area (Å²) >= 11 is 13.3. The number of ketones is 1. The molecule has 0 saturated carbocycles. The molecule has 0 bridgehead atoms. The molecule has 0 radical (unpaired) electrons. The SMILES string of the molecule is O=C(C(=O)N1CCN(C(=O)/C=C/c2ccc(Sc3ccc(Cl)cc3Cl)c([N+](=O)[O-])c2)CC1)c1ccco1. The molecule has 0 unspecified atom stereocenters. The highest BCUT2D eigenvalue weighted by Gasteiger charge is 2.29. The number of hydrogen-bond donors (Lipinski definition) is 0. The number of furan rings is 1. The molecule has 2 heterocycles. The number of amides is 2. The van der Waals surface area contributed by atoms with Crippen LogP contribution in [0.1, 0.15) is 16.1 Å². The molecule has 37 heavy (non-hydrogen) atoms. The second-order valence-corrected chi connectivity index (χ2v) is 9.85. The van der Waals surface area contributed by atoms with E-state index in [1.807, 2.05) is 0 Å². The molecule has 0 N–H and O–H groups in total. The summed E-state index contributed by atoms with van der Waals surface area (Å²) in [6, 6.07) is 12.5. The van der Waals surface area contributed by atoms with Gasteiger partial charge in [-0.15, -0.1) is 0 Å². The molecule has 0 spiro atoms. The first kappa shape index (κ1) is 26.5. The Labute approximate surface area is 225 Å². The average Bonchev–Trinajstić information content (AvgIpc) is 3.43. The summed E-state index contributed by atoms with van der Waals surface area (Å²) in [5.74, 6) is -1.74. The van der Waals surface area contributed by atoms with E-state index in [0.29, 0.717) is 25.4 Å². The van der Waals surface area contributed by atoms with Gasteiger partial charge in [-0.05, 0) is 48.0 Å². The van der Waals surface area contributed by atoms with Crippen LogP contribution in [0.4, 0.5) is 5.69 Å². The monoisotopic (exact) mass is 559 g/mol. The fourth-order valence-corrected chi connectivity index (χ4v) is 5.03. The van der Waals surface area contributed by atoms with Gasteiger partial charge in [0.2, 0.25) is 5.91 Å². The molecule has 1 aliphatic rings. The number of halogens is 2. The van der Waals surface area contributed by atoms with Gasteiger partial charge in [0.25, 0.3) is 17.4 Å². The number of nitrogens with zero attached hydrogens (tertiary/aromatic N) is 3. The zero-order valence-electron chi connectivity index (χ0n) is 19.1. The predicted octanol–water partition coefficient (Wildman–Crippen LogP) is 5.21. The van der Waals surface area contributed by atoms with Crippen molar-refractivity contribution in [1.82, 2.24) is 9.80 Å². The molecule has 2 amide bonds. The van der Waals surface area contributed by atoms with Crippen molar-refractivity contribution in [1.29, 1.82) is 0 Å². The molecule has 12 heteroatoms. The first-order chi connectivity index (χ1) is 17.7. The fourth-order valence-electron chi connectivity index (χ4n) is 3.60. The van der Waals surface area contributed by atoms with Gasteiger partial charge in [0.15, 0.2) is 5.76 Å². The molecule has 9 nitrogen and oxygen atoms in total. The van der Waals surface area contributed by atoms with E-state index < -0.39 is 16.6 Å². The molecular weight excluding hydrogens is 541 g/mol. The van der Waals surface area contributed by atoms with Gasteiger partial charge < -0.3 is 14.2 Å². The minimum Gasteiger partial charge on any atom is -0.461 e. The first-order valence-electron chi connectivity index (χ1n) is 11.0. The predicted molar refractivity (Wildman–Crippen MR) is 139 cm³/mol. The number of nitro benzene ring substituents is 1. The molecule has 3 aromatic rings. The topological polar surface area (TPSA) is 114 Å². The van der Waals surface area contributed by atoms with Crippen LogP contribution in [0.2, 0.25) is 10.0 Å². The van der Waals surface area contributed by atoms with E-state index in [4.69, 9.17) is 27.6 Å². The molecular formula is C25H19Cl2N3O6S. The van der Waals surface area contributed by atoms with E-state index in [2.05, 4.69) is 0 Å². The highest BCUT2D eigenvalue weighted by molar-refractivity contribution is 7.99. The molecule has 1 aliphatic heterocycles. The summed E-state index contributed by atoms with van der Waals surface area (Å²) in [6.07, 6.45) is 4.14. The van der Waals surface area contributed by atoms with E-state index in [0.717, 1.165) is 11.8 Å². The molecule has 4 rings (SSSR count). The maximum atomic E-state index is 12.7. The Balaban J connectivity index is 1.38. The van der Waals surface area contributed by atoms with E-state index >= 15 is 0 Å². The van der Waals surface area contributed by atoms with E-state index in [-0.39, 0.29) is 43.5 Å². The molecule has 1 fully saturated rings. The normalized spacial score (nSPS) is 13.7. The van der Waals surface area contributed by atoms with Crippen LogP contribution in [0.25, 0.3) is 6.08 Å². The number of Topliss-reactive ketones (excluding diaryl/α,β-unsaturated/α-hetero) is 1. The first-order valence-corrected chi connectivity index (χ1v) is 12.6. The Morgan fingerprint density at radius 2 is 1.68 bits per heavy atom. The van der Waals surface area contributed by atoms with Crippen molar-refractivity contribution in [3.8, 4) is 0 Å². The molecule has 1 saturated heterocycles. The second kappa shape index (κ2) is 11.6. The smallest absolute Gasteiger partial charge is 0.298 e. The van der Waals surface area contributed by atoms with Crippen LogP contribution < -0.4 is 0 Å². The molecule has 0 atom stereocenters. The Morgan fingerprint density at radius 3 is 2.32 bits per heavy atom. The van der Waals surface area contributed by atoms with E-state index in [9.17, 15) is 24.5 Å². The van der Waals surface area contributed by atoms with Crippen LogP contribution in [-0.4, -0.2) is 58.5 Å². The van der Waals surface area contributed by atoms with Gasteiger partial charge in [0.05, 0.1) is 21.1 Å². The maximum absolute atomic E-state index is 12.7. The van der Waals surface area contributed by atoms with Crippen LogP contribution in [0.3, 0.4) is 0 Å². The summed E-state index contributed by atoms with van der Waals surface area (Å²) < 4.78 is 4.99. The van der Waals surface area contributed by atoms with Crippen molar-refractivity contribution in [3.05, 3.63) is 92.4 Å². The molecule has 190 valence electrons. The van der Waals surface area contributed by atoms with Crippen LogP contribution in [0.5, 0.6) is 0 Å². The van der Waals surface area contributed by atoms with Crippen LogP contribution >= 0.6 is 35.0 Å². The largest absolute Gasteiger partial charge is 0.461 e. The summed E-state index contributed by atoms with van der Waals surface area (Å²) in [5.41, 5.74) is 0.350. The number of nitro groups is 1. The van der Waals surface area contributed by atoms with Gasteiger partial charge in [0, 0.05) is 48.2 Å². The van der Waals surface area contributed by atoms with Gasteiger partial charge in [-0.3, -0.25) is 24.5 Å². The van der Waals surface area contributed by atoms with E-state index in [1.54, 1.807) is 35.2 Å².